The molecule has 1 aromatic carbocycles. The minimum Gasteiger partial charge on any atom is -0.497 e. The zero-order valence-electron chi connectivity index (χ0n) is 18.9. The molecule has 8 heteroatoms. The first-order valence-corrected chi connectivity index (χ1v) is 11.9. The van der Waals surface area contributed by atoms with Gasteiger partial charge in [0.2, 0.25) is 11.8 Å². The van der Waals surface area contributed by atoms with Crippen LogP contribution in [0, 0.1) is 23.2 Å². The Bertz CT molecular complexity index is 1140. The molecule has 7 rings (SSSR count). The Morgan fingerprint density at radius 1 is 1.03 bits per heavy atom. The number of nitrogens with zero attached hydrogens (tertiary/aromatic N) is 4. The average molecular weight is 448 g/mol. The number of methoxy groups -OCH3 is 1. The third kappa shape index (κ3) is 3.71. The highest BCUT2D eigenvalue weighted by Gasteiger charge is 2.54. The van der Waals surface area contributed by atoms with Crippen LogP contribution in [-0.4, -0.2) is 46.0 Å². The van der Waals surface area contributed by atoms with Gasteiger partial charge in [-0.05, 0) is 86.6 Å². The SMILES string of the molecule is COc1ccc(-c2nnc3ccc(OCCNC(=O)C45CC6CC(CC(C6)C4)C5)nn23)cc1. The first-order chi connectivity index (χ1) is 16.1. The van der Waals surface area contributed by atoms with Gasteiger partial charge in [-0.3, -0.25) is 4.79 Å². The maximum absolute atomic E-state index is 13.1. The van der Waals surface area contributed by atoms with Crippen LogP contribution >= 0.6 is 0 Å². The van der Waals surface area contributed by atoms with Gasteiger partial charge in [-0.25, -0.2) is 0 Å². The molecule has 0 saturated heterocycles. The standard InChI is InChI=1S/C25H29N5O3/c1-32-20-4-2-19(3-5-20)23-28-27-21-6-7-22(29-30(21)23)33-9-8-26-24(31)25-13-16-10-17(14-25)12-18(11-16)15-25/h2-7,16-18H,8-15H2,1H3,(H,26,31). The molecular weight excluding hydrogens is 418 g/mol. The number of nitrogens with one attached hydrogen (secondary N) is 1. The van der Waals surface area contributed by atoms with Gasteiger partial charge in [0.1, 0.15) is 12.4 Å². The molecule has 4 saturated carbocycles. The van der Waals surface area contributed by atoms with E-state index in [1.807, 2.05) is 30.3 Å². The van der Waals surface area contributed by atoms with Gasteiger partial charge in [0.25, 0.3) is 0 Å². The smallest absolute Gasteiger partial charge is 0.231 e. The molecule has 4 fully saturated rings. The van der Waals surface area contributed by atoms with Crippen molar-refractivity contribution in [2.24, 2.45) is 23.2 Å². The number of carbonyl (C=O) groups excluding carboxylic acids is 1. The van der Waals surface area contributed by atoms with Gasteiger partial charge in [-0.15, -0.1) is 15.3 Å². The van der Waals surface area contributed by atoms with Crippen molar-refractivity contribution < 1.29 is 14.3 Å². The van der Waals surface area contributed by atoms with Gasteiger partial charge >= 0.3 is 0 Å². The van der Waals surface area contributed by atoms with E-state index in [1.165, 1.54) is 19.3 Å². The number of rotatable bonds is 7. The summed E-state index contributed by atoms with van der Waals surface area (Å²) in [6, 6.07) is 11.2. The predicted octanol–water partition coefficient (Wildman–Crippen LogP) is 3.51. The lowest BCUT2D eigenvalue weighted by Crippen LogP contribution is -2.54. The molecule has 2 aromatic heterocycles. The predicted molar refractivity (Wildman–Crippen MR) is 122 cm³/mol. The first kappa shape index (κ1) is 20.4. The van der Waals surface area contributed by atoms with Crippen molar-refractivity contribution in [1.82, 2.24) is 25.1 Å². The Labute approximate surface area is 192 Å². The second kappa shape index (κ2) is 8.01. The van der Waals surface area contributed by atoms with Crippen LogP contribution in [0.1, 0.15) is 38.5 Å². The number of hydrogen-bond acceptors (Lipinski definition) is 6. The van der Waals surface area contributed by atoms with Gasteiger partial charge in [0.15, 0.2) is 11.5 Å². The molecule has 0 unspecified atom stereocenters. The molecule has 4 aliphatic carbocycles. The Morgan fingerprint density at radius 3 is 2.39 bits per heavy atom. The zero-order chi connectivity index (χ0) is 22.4. The fraction of sp³-hybridized carbons (Fsp3) is 0.520. The zero-order valence-corrected chi connectivity index (χ0v) is 18.9. The van der Waals surface area contributed by atoms with Crippen molar-refractivity contribution in [2.45, 2.75) is 38.5 Å². The minimum atomic E-state index is -0.123. The van der Waals surface area contributed by atoms with Crippen LogP contribution < -0.4 is 14.8 Å². The lowest BCUT2D eigenvalue weighted by atomic mass is 9.49. The van der Waals surface area contributed by atoms with Crippen LogP contribution in [0.15, 0.2) is 36.4 Å². The number of amides is 1. The van der Waals surface area contributed by atoms with Crippen LogP contribution in [0.25, 0.3) is 17.0 Å². The quantitative estimate of drug-likeness (QED) is 0.558. The van der Waals surface area contributed by atoms with Gasteiger partial charge < -0.3 is 14.8 Å². The van der Waals surface area contributed by atoms with E-state index in [2.05, 4.69) is 20.6 Å². The summed E-state index contributed by atoms with van der Waals surface area (Å²) < 4.78 is 12.8. The summed E-state index contributed by atoms with van der Waals surface area (Å²) >= 11 is 0. The fourth-order valence-electron chi connectivity index (χ4n) is 6.67. The maximum atomic E-state index is 13.1. The molecule has 33 heavy (non-hydrogen) atoms. The molecule has 1 amide bonds. The molecule has 1 N–H and O–H groups in total. The Hall–Kier alpha value is -3.16. The van der Waals surface area contributed by atoms with Crippen LogP contribution in [0.2, 0.25) is 0 Å². The molecule has 8 nitrogen and oxygen atoms in total. The van der Waals surface area contributed by atoms with E-state index >= 15 is 0 Å². The van der Waals surface area contributed by atoms with Gasteiger partial charge in [-0.2, -0.15) is 4.52 Å². The average Bonchev–Trinajstić information content (AvgIpc) is 3.24. The Balaban J connectivity index is 1.09. The van der Waals surface area contributed by atoms with Crippen LogP contribution in [0.5, 0.6) is 11.6 Å². The summed E-state index contributed by atoms with van der Waals surface area (Å²) in [4.78, 5) is 13.1. The normalized spacial score (nSPS) is 27.6. The first-order valence-electron chi connectivity index (χ1n) is 11.9. The van der Waals surface area contributed by atoms with E-state index in [0.29, 0.717) is 30.5 Å². The maximum Gasteiger partial charge on any atom is 0.231 e. The van der Waals surface area contributed by atoms with E-state index in [1.54, 1.807) is 17.7 Å². The lowest BCUT2D eigenvalue weighted by molar-refractivity contribution is -0.146. The minimum absolute atomic E-state index is 0.123. The van der Waals surface area contributed by atoms with Gasteiger partial charge in [0.05, 0.1) is 13.7 Å². The molecule has 172 valence electrons. The Kier molecular flexibility index (Phi) is 4.96. The fourth-order valence-corrected chi connectivity index (χ4v) is 6.67. The highest BCUT2D eigenvalue weighted by atomic mass is 16.5. The third-order valence-electron chi connectivity index (χ3n) is 7.74. The number of aromatic nitrogens is 4. The monoisotopic (exact) mass is 447 g/mol. The Morgan fingerprint density at radius 2 is 1.73 bits per heavy atom. The van der Waals surface area contributed by atoms with Crippen molar-refractivity contribution in [3.63, 3.8) is 0 Å². The molecule has 3 aromatic rings. The largest absolute Gasteiger partial charge is 0.497 e. The van der Waals surface area contributed by atoms with Crippen molar-refractivity contribution in [3.05, 3.63) is 36.4 Å². The molecule has 0 radical (unpaired) electrons. The summed E-state index contributed by atoms with van der Waals surface area (Å²) in [6.07, 6.45) is 7.24. The highest BCUT2D eigenvalue weighted by molar-refractivity contribution is 5.83. The van der Waals surface area contributed by atoms with Crippen LogP contribution in [0.4, 0.5) is 0 Å². The number of benzene rings is 1. The van der Waals surface area contributed by atoms with E-state index in [0.717, 1.165) is 48.3 Å². The molecular formula is C25H29N5O3. The van der Waals surface area contributed by atoms with Gasteiger partial charge in [-0.1, -0.05) is 0 Å². The van der Waals surface area contributed by atoms with Crippen molar-refractivity contribution in [1.29, 1.82) is 0 Å². The molecule has 4 bridgehead atoms. The number of carbonyl (C=O) groups is 1. The van der Waals surface area contributed by atoms with E-state index in [9.17, 15) is 4.79 Å². The van der Waals surface area contributed by atoms with E-state index in [4.69, 9.17) is 9.47 Å². The second-order valence-corrected chi connectivity index (χ2v) is 10.00. The molecule has 2 heterocycles. The summed E-state index contributed by atoms with van der Waals surface area (Å²) in [6.45, 7) is 0.852. The summed E-state index contributed by atoms with van der Waals surface area (Å²) in [5.74, 6) is 4.40. The molecule has 0 spiro atoms. The van der Waals surface area contributed by atoms with Crippen molar-refractivity contribution in [2.75, 3.05) is 20.3 Å². The summed E-state index contributed by atoms with van der Waals surface area (Å²) in [5, 5.41) is 16.2. The number of ether oxygens (including phenoxy) is 2. The van der Waals surface area contributed by atoms with E-state index < -0.39 is 0 Å². The molecule has 0 atom stereocenters. The lowest BCUT2D eigenvalue weighted by Gasteiger charge is -2.55. The number of fused-ring (bicyclic) bond motifs is 1. The molecule has 4 aliphatic rings. The number of hydrogen-bond donors (Lipinski definition) is 1. The van der Waals surface area contributed by atoms with E-state index in [-0.39, 0.29) is 11.3 Å². The van der Waals surface area contributed by atoms with Crippen molar-refractivity contribution in [3.8, 4) is 23.0 Å². The van der Waals surface area contributed by atoms with Crippen molar-refractivity contribution >= 4 is 11.6 Å². The van der Waals surface area contributed by atoms with Crippen LogP contribution in [0.3, 0.4) is 0 Å². The van der Waals surface area contributed by atoms with Crippen LogP contribution in [-0.2, 0) is 4.79 Å². The summed E-state index contributed by atoms with van der Waals surface area (Å²) in [5.41, 5.74) is 1.40. The molecule has 0 aliphatic heterocycles. The second-order valence-electron chi connectivity index (χ2n) is 10.00. The third-order valence-corrected chi connectivity index (χ3v) is 7.74. The summed E-state index contributed by atoms with van der Waals surface area (Å²) in [7, 11) is 1.64. The topological polar surface area (TPSA) is 90.6 Å². The highest BCUT2D eigenvalue weighted by Crippen LogP contribution is 2.60. The van der Waals surface area contributed by atoms with Gasteiger partial charge in [0, 0.05) is 17.0 Å².